The summed E-state index contributed by atoms with van der Waals surface area (Å²) in [5.41, 5.74) is 1.27. The van der Waals surface area contributed by atoms with Gasteiger partial charge in [-0.1, -0.05) is 12.1 Å². The summed E-state index contributed by atoms with van der Waals surface area (Å²) in [5, 5.41) is 18.3. The van der Waals surface area contributed by atoms with Crippen LogP contribution in [0.4, 0.5) is 0 Å². The monoisotopic (exact) mass is 191 g/mol. The van der Waals surface area contributed by atoms with Crippen molar-refractivity contribution in [1.29, 1.82) is 5.26 Å². The van der Waals surface area contributed by atoms with Crippen molar-refractivity contribution in [3.05, 3.63) is 35.4 Å². The number of nitrogens with zero attached hydrogens (tertiary/aromatic N) is 1. The Bertz CT molecular complexity index is 330. The molecule has 0 heterocycles. The van der Waals surface area contributed by atoms with Crippen LogP contribution in [0.5, 0.6) is 0 Å². The van der Waals surface area contributed by atoms with Crippen LogP contribution in [-0.2, 0) is 4.74 Å². The van der Waals surface area contributed by atoms with Crippen molar-refractivity contribution < 1.29 is 9.84 Å². The van der Waals surface area contributed by atoms with E-state index >= 15 is 0 Å². The van der Waals surface area contributed by atoms with Crippen LogP contribution in [0.2, 0.25) is 0 Å². The average molecular weight is 191 g/mol. The summed E-state index contributed by atoms with van der Waals surface area (Å²) in [6, 6.07) is 8.94. The largest absolute Gasteiger partial charge is 0.386 e. The second kappa shape index (κ2) is 5.38. The van der Waals surface area contributed by atoms with Crippen LogP contribution in [0, 0.1) is 11.3 Å². The molecule has 0 aliphatic rings. The van der Waals surface area contributed by atoms with Crippen molar-refractivity contribution in [2.24, 2.45) is 0 Å². The van der Waals surface area contributed by atoms with Gasteiger partial charge >= 0.3 is 0 Å². The molecule has 0 radical (unpaired) electrons. The number of ether oxygens (including phenoxy) is 1. The molecule has 1 unspecified atom stereocenters. The Morgan fingerprint density at radius 1 is 1.57 bits per heavy atom. The molecule has 1 aromatic carbocycles. The molecular weight excluding hydrogens is 178 g/mol. The smallest absolute Gasteiger partial charge is 0.102 e. The van der Waals surface area contributed by atoms with Crippen LogP contribution in [0.3, 0.4) is 0 Å². The van der Waals surface area contributed by atoms with Gasteiger partial charge in [0.1, 0.15) is 6.10 Å². The minimum absolute atomic E-state index is 0.269. The van der Waals surface area contributed by atoms with E-state index in [9.17, 15) is 5.11 Å². The Kier molecular flexibility index (Phi) is 4.11. The highest BCUT2D eigenvalue weighted by Gasteiger charge is 2.07. The van der Waals surface area contributed by atoms with Crippen molar-refractivity contribution in [2.45, 2.75) is 13.0 Å². The normalized spacial score (nSPS) is 12.1. The van der Waals surface area contributed by atoms with E-state index in [0.717, 1.165) is 5.56 Å². The predicted molar refractivity (Wildman–Crippen MR) is 52.6 cm³/mol. The Labute approximate surface area is 83.6 Å². The number of hydrogen-bond donors (Lipinski definition) is 1. The van der Waals surface area contributed by atoms with Gasteiger partial charge in [-0.3, -0.25) is 0 Å². The van der Waals surface area contributed by atoms with Crippen molar-refractivity contribution in [3.63, 3.8) is 0 Å². The number of aliphatic hydroxyl groups excluding tert-OH is 1. The molecule has 0 fully saturated rings. The van der Waals surface area contributed by atoms with Gasteiger partial charge in [0.25, 0.3) is 0 Å². The topological polar surface area (TPSA) is 53.2 Å². The molecule has 1 rings (SSSR count). The first-order chi connectivity index (χ1) is 6.77. The fourth-order valence-corrected chi connectivity index (χ4v) is 1.14. The van der Waals surface area contributed by atoms with Crippen LogP contribution >= 0.6 is 0 Å². The number of nitriles is 1. The van der Waals surface area contributed by atoms with Gasteiger partial charge in [0.15, 0.2) is 0 Å². The molecular formula is C11H13NO2. The van der Waals surface area contributed by atoms with Gasteiger partial charge in [0.2, 0.25) is 0 Å². The first-order valence-corrected chi connectivity index (χ1v) is 4.53. The lowest BCUT2D eigenvalue weighted by Gasteiger charge is -2.10. The standard InChI is InChI=1S/C11H13NO2/c1-2-14-8-11(13)10-5-3-4-9(6-10)7-12/h3-6,11,13H,2,8H2,1H3. The first-order valence-electron chi connectivity index (χ1n) is 4.53. The molecule has 1 atom stereocenters. The summed E-state index contributed by atoms with van der Waals surface area (Å²) in [6.45, 7) is 2.72. The van der Waals surface area contributed by atoms with E-state index in [1.807, 2.05) is 13.0 Å². The quantitative estimate of drug-likeness (QED) is 0.786. The van der Waals surface area contributed by atoms with Gasteiger partial charge in [-0.25, -0.2) is 0 Å². The average Bonchev–Trinajstić information content (AvgIpc) is 2.26. The van der Waals surface area contributed by atoms with E-state index in [2.05, 4.69) is 0 Å². The van der Waals surface area contributed by atoms with Gasteiger partial charge in [0, 0.05) is 6.61 Å². The number of rotatable bonds is 4. The van der Waals surface area contributed by atoms with E-state index in [-0.39, 0.29) is 6.61 Å². The molecule has 14 heavy (non-hydrogen) atoms. The van der Waals surface area contributed by atoms with Crippen molar-refractivity contribution in [2.75, 3.05) is 13.2 Å². The van der Waals surface area contributed by atoms with Crippen LogP contribution in [-0.4, -0.2) is 18.3 Å². The van der Waals surface area contributed by atoms with Gasteiger partial charge in [0.05, 0.1) is 18.2 Å². The molecule has 0 aromatic heterocycles. The second-order valence-electron chi connectivity index (χ2n) is 2.91. The molecule has 0 aliphatic carbocycles. The van der Waals surface area contributed by atoms with Crippen molar-refractivity contribution >= 4 is 0 Å². The molecule has 0 saturated heterocycles. The lowest BCUT2D eigenvalue weighted by Crippen LogP contribution is -2.06. The lowest BCUT2D eigenvalue weighted by atomic mass is 10.1. The Hall–Kier alpha value is -1.37. The number of benzene rings is 1. The third-order valence-electron chi connectivity index (χ3n) is 1.88. The summed E-state index contributed by atoms with van der Waals surface area (Å²) in [6.07, 6.45) is -0.650. The van der Waals surface area contributed by atoms with E-state index in [1.165, 1.54) is 0 Å². The third-order valence-corrected chi connectivity index (χ3v) is 1.88. The molecule has 0 saturated carbocycles. The van der Waals surface area contributed by atoms with Crippen molar-refractivity contribution in [1.82, 2.24) is 0 Å². The molecule has 0 aliphatic heterocycles. The highest BCUT2D eigenvalue weighted by Crippen LogP contribution is 2.14. The third kappa shape index (κ3) is 2.84. The van der Waals surface area contributed by atoms with E-state index in [0.29, 0.717) is 12.2 Å². The molecule has 74 valence electrons. The molecule has 3 nitrogen and oxygen atoms in total. The fourth-order valence-electron chi connectivity index (χ4n) is 1.14. The summed E-state index contributed by atoms with van der Waals surface area (Å²) in [7, 11) is 0. The summed E-state index contributed by atoms with van der Waals surface area (Å²) >= 11 is 0. The minimum Gasteiger partial charge on any atom is -0.386 e. The molecule has 1 N–H and O–H groups in total. The van der Waals surface area contributed by atoms with Crippen LogP contribution in [0.15, 0.2) is 24.3 Å². The van der Waals surface area contributed by atoms with Gasteiger partial charge in [-0.2, -0.15) is 5.26 Å². The molecule has 3 heteroatoms. The Morgan fingerprint density at radius 2 is 2.36 bits per heavy atom. The maximum Gasteiger partial charge on any atom is 0.102 e. The minimum atomic E-state index is -0.650. The summed E-state index contributed by atoms with van der Waals surface area (Å²) < 4.78 is 5.09. The lowest BCUT2D eigenvalue weighted by molar-refractivity contribution is 0.0420. The first kappa shape index (κ1) is 10.7. The second-order valence-corrected chi connectivity index (χ2v) is 2.91. The van der Waals surface area contributed by atoms with Gasteiger partial charge in [-0.15, -0.1) is 0 Å². The highest BCUT2D eigenvalue weighted by atomic mass is 16.5. The maximum atomic E-state index is 9.64. The summed E-state index contributed by atoms with van der Waals surface area (Å²) in [5.74, 6) is 0. The Balaban J connectivity index is 2.70. The molecule has 1 aromatic rings. The SMILES string of the molecule is CCOCC(O)c1cccc(C#N)c1. The fraction of sp³-hybridized carbons (Fsp3) is 0.364. The highest BCUT2D eigenvalue weighted by molar-refractivity contribution is 5.33. The van der Waals surface area contributed by atoms with Crippen molar-refractivity contribution in [3.8, 4) is 6.07 Å². The van der Waals surface area contributed by atoms with Gasteiger partial charge < -0.3 is 9.84 Å². The van der Waals surface area contributed by atoms with Crippen LogP contribution in [0.25, 0.3) is 0 Å². The number of hydrogen-bond acceptors (Lipinski definition) is 3. The maximum absolute atomic E-state index is 9.64. The van der Waals surface area contributed by atoms with Crippen LogP contribution < -0.4 is 0 Å². The number of aliphatic hydroxyl groups is 1. The van der Waals surface area contributed by atoms with E-state index in [4.69, 9.17) is 10.00 Å². The zero-order chi connectivity index (χ0) is 10.4. The Morgan fingerprint density at radius 3 is 3.00 bits per heavy atom. The zero-order valence-electron chi connectivity index (χ0n) is 8.10. The molecule has 0 amide bonds. The van der Waals surface area contributed by atoms with Gasteiger partial charge in [-0.05, 0) is 24.6 Å². The van der Waals surface area contributed by atoms with Crippen LogP contribution in [0.1, 0.15) is 24.2 Å². The predicted octanol–water partition coefficient (Wildman–Crippen LogP) is 1.63. The van der Waals surface area contributed by atoms with E-state index < -0.39 is 6.10 Å². The van der Waals surface area contributed by atoms with E-state index in [1.54, 1.807) is 24.3 Å². The molecule has 0 bridgehead atoms. The zero-order valence-corrected chi connectivity index (χ0v) is 8.10. The summed E-state index contributed by atoms with van der Waals surface area (Å²) in [4.78, 5) is 0. The molecule has 0 spiro atoms.